The summed E-state index contributed by atoms with van der Waals surface area (Å²) in [5.41, 5.74) is 6.32. The summed E-state index contributed by atoms with van der Waals surface area (Å²) in [5.74, 6) is -0.801. The third-order valence-corrected chi connectivity index (χ3v) is 5.03. The van der Waals surface area contributed by atoms with Gasteiger partial charge in [-0.25, -0.2) is 0 Å². The molecule has 0 fully saturated rings. The van der Waals surface area contributed by atoms with Crippen LogP contribution in [0.25, 0.3) is 10.9 Å². The van der Waals surface area contributed by atoms with E-state index in [9.17, 15) is 9.90 Å². The fourth-order valence-electron chi connectivity index (χ4n) is 3.79. The molecule has 3 rings (SSSR count). The van der Waals surface area contributed by atoms with E-state index < -0.39 is 12.0 Å². The Bertz CT molecular complexity index is 763. The van der Waals surface area contributed by atoms with E-state index in [-0.39, 0.29) is 0 Å². The molecule has 124 valence electrons. The number of aromatic nitrogens is 1. The second-order valence-electron chi connectivity index (χ2n) is 6.50. The number of carbonyl (C=O) groups is 1. The van der Waals surface area contributed by atoms with Crippen molar-refractivity contribution < 1.29 is 9.90 Å². The molecule has 23 heavy (non-hydrogen) atoms. The number of hydrogen-bond donors (Lipinski definition) is 2. The number of carboxylic acid groups (broad SMARTS) is 1. The summed E-state index contributed by atoms with van der Waals surface area (Å²) in [5, 5.41) is 13.5. The largest absolute Gasteiger partial charge is 0.480 e. The van der Waals surface area contributed by atoms with Crippen molar-refractivity contribution in [3.8, 4) is 0 Å². The van der Waals surface area contributed by atoms with Crippen LogP contribution in [0.4, 0.5) is 0 Å². The van der Waals surface area contributed by atoms with Gasteiger partial charge in [0.15, 0.2) is 0 Å². The van der Waals surface area contributed by atoms with Crippen LogP contribution in [0.15, 0.2) is 12.1 Å². The van der Waals surface area contributed by atoms with Crippen molar-refractivity contribution >= 4 is 16.9 Å². The van der Waals surface area contributed by atoms with Crippen LogP contribution >= 0.6 is 0 Å². The molecule has 5 nitrogen and oxygen atoms in total. The van der Waals surface area contributed by atoms with Crippen molar-refractivity contribution in [1.29, 1.82) is 0 Å². The molecule has 0 aliphatic carbocycles. The van der Waals surface area contributed by atoms with Gasteiger partial charge in [0.25, 0.3) is 0 Å². The molecule has 2 heterocycles. The van der Waals surface area contributed by atoms with Crippen LogP contribution in [0.3, 0.4) is 0 Å². The lowest BCUT2D eigenvalue weighted by Crippen LogP contribution is -2.35. The SMILES string of the molecule is CCn1c(C)c(CC(NC)C(=O)O)c2cc3c(cc21)CN(C)C3. The molecule has 0 saturated heterocycles. The summed E-state index contributed by atoms with van der Waals surface area (Å²) >= 11 is 0. The fraction of sp³-hybridized carbons (Fsp3) is 0.500. The maximum Gasteiger partial charge on any atom is 0.321 e. The summed E-state index contributed by atoms with van der Waals surface area (Å²) in [6, 6.07) is 4.01. The monoisotopic (exact) mass is 315 g/mol. The van der Waals surface area contributed by atoms with Crippen molar-refractivity contribution in [2.75, 3.05) is 14.1 Å². The molecule has 0 saturated carbocycles. The summed E-state index contributed by atoms with van der Waals surface area (Å²) in [4.78, 5) is 13.7. The normalized spacial score (nSPS) is 16.0. The maximum atomic E-state index is 11.4. The van der Waals surface area contributed by atoms with E-state index in [0.29, 0.717) is 6.42 Å². The zero-order chi connectivity index (χ0) is 16.7. The summed E-state index contributed by atoms with van der Waals surface area (Å²) in [7, 11) is 3.84. The second kappa shape index (κ2) is 5.98. The van der Waals surface area contributed by atoms with Crippen LogP contribution in [0.5, 0.6) is 0 Å². The number of aliphatic carboxylic acids is 1. The number of fused-ring (bicyclic) bond motifs is 2. The number of carboxylic acids is 1. The van der Waals surface area contributed by atoms with Crippen LogP contribution in [0.2, 0.25) is 0 Å². The molecule has 0 radical (unpaired) electrons. The molecule has 1 atom stereocenters. The van der Waals surface area contributed by atoms with Crippen LogP contribution in [0, 0.1) is 6.92 Å². The van der Waals surface area contributed by atoms with Crippen LogP contribution < -0.4 is 5.32 Å². The van der Waals surface area contributed by atoms with Gasteiger partial charge >= 0.3 is 5.97 Å². The Morgan fingerprint density at radius 1 is 1.35 bits per heavy atom. The van der Waals surface area contributed by atoms with Gasteiger partial charge in [0.2, 0.25) is 0 Å². The smallest absolute Gasteiger partial charge is 0.321 e. The molecule has 5 heteroatoms. The molecule has 0 bridgehead atoms. The van der Waals surface area contributed by atoms with Gasteiger partial charge in [0.1, 0.15) is 6.04 Å². The quantitative estimate of drug-likeness (QED) is 0.887. The Balaban J connectivity index is 2.15. The summed E-state index contributed by atoms with van der Waals surface area (Å²) in [6.45, 7) is 7.10. The first-order chi connectivity index (χ1) is 11.0. The Kier molecular flexibility index (Phi) is 4.17. The Labute approximate surface area is 136 Å². The number of likely N-dealkylation sites (N-methyl/N-ethyl adjacent to an activating group) is 1. The third-order valence-electron chi connectivity index (χ3n) is 5.03. The first-order valence-corrected chi connectivity index (χ1v) is 8.18. The molecule has 1 aromatic heterocycles. The number of rotatable bonds is 5. The molecule has 1 aromatic carbocycles. The average molecular weight is 315 g/mol. The van der Waals surface area contributed by atoms with E-state index in [1.165, 1.54) is 27.7 Å². The van der Waals surface area contributed by atoms with E-state index in [0.717, 1.165) is 25.2 Å². The lowest BCUT2D eigenvalue weighted by atomic mass is 10.00. The predicted molar refractivity (Wildman–Crippen MR) is 91.7 cm³/mol. The molecule has 0 amide bonds. The fourth-order valence-corrected chi connectivity index (χ4v) is 3.79. The number of benzene rings is 1. The zero-order valence-corrected chi connectivity index (χ0v) is 14.3. The minimum atomic E-state index is -0.801. The number of nitrogens with zero attached hydrogens (tertiary/aromatic N) is 2. The van der Waals surface area contributed by atoms with Gasteiger partial charge in [0, 0.05) is 42.7 Å². The van der Waals surface area contributed by atoms with E-state index in [2.05, 4.69) is 47.8 Å². The van der Waals surface area contributed by atoms with Gasteiger partial charge in [-0.2, -0.15) is 0 Å². The Hall–Kier alpha value is -1.85. The van der Waals surface area contributed by atoms with Crippen molar-refractivity contribution in [2.24, 2.45) is 0 Å². The highest BCUT2D eigenvalue weighted by Crippen LogP contribution is 2.33. The van der Waals surface area contributed by atoms with Crippen LogP contribution in [-0.2, 0) is 30.8 Å². The molecule has 0 spiro atoms. The van der Waals surface area contributed by atoms with E-state index in [1.54, 1.807) is 7.05 Å². The highest BCUT2D eigenvalue weighted by molar-refractivity contribution is 5.88. The van der Waals surface area contributed by atoms with E-state index in [4.69, 9.17) is 0 Å². The molecule has 1 aliphatic heterocycles. The second-order valence-corrected chi connectivity index (χ2v) is 6.50. The van der Waals surface area contributed by atoms with Gasteiger partial charge < -0.3 is 15.0 Å². The van der Waals surface area contributed by atoms with Crippen molar-refractivity contribution in [3.63, 3.8) is 0 Å². The first kappa shape index (κ1) is 16.0. The van der Waals surface area contributed by atoms with E-state index >= 15 is 0 Å². The summed E-state index contributed by atoms with van der Waals surface area (Å²) < 4.78 is 2.30. The molecular weight excluding hydrogens is 290 g/mol. The molecule has 1 unspecified atom stereocenters. The first-order valence-electron chi connectivity index (χ1n) is 8.18. The highest BCUT2D eigenvalue weighted by atomic mass is 16.4. The maximum absolute atomic E-state index is 11.4. The minimum Gasteiger partial charge on any atom is -0.480 e. The lowest BCUT2D eigenvalue weighted by molar-refractivity contribution is -0.139. The lowest BCUT2D eigenvalue weighted by Gasteiger charge is -2.12. The van der Waals surface area contributed by atoms with Crippen molar-refractivity contribution in [2.45, 2.75) is 45.9 Å². The predicted octanol–water partition coefficient (Wildman–Crippen LogP) is 2.13. The van der Waals surface area contributed by atoms with Gasteiger partial charge in [-0.05, 0) is 56.8 Å². The van der Waals surface area contributed by atoms with Crippen molar-refractivity contribution in [1.82, 2.24) is 14.8 Å². The number of aryl methyl sites for hydroxylation is 1. The van der Waals surface area contributed by atoms with E-state index in [1.807, 2.05) is 0 Å². The van der Waals surface area contributed by atoms with Gasteiger partial charge in [0.05, 0.1) is 0 Å². The average Bonchev–Trinajstić information content (AvgIpc) is 2.98. The highest BCUT2D eigenvalue weighted by Gasteiger charge is 2.24. The topological polar surface area (TPSA) is 57.5 Å². The molecule has 2 N–H and O–H groups in total. The van der Waals surface area contributed by atoms with Gasteiger partial charge in [-0.3, -0.25) is 9.69 Å². The molecule has 1 aliphatic rings. The zero-order valence-electron chi connectivity index (χ0n) is 14.3. The van der Waals surface area contributed by atoms with Crippen LogP contribution in [-0.4, -0.2) is 40.7 Å². The molecular formula is C18H25N3O2. The van der Waals surface area contributed by atoms with Gasteiger partial charge in [-0.15, -0.1) is 0 Å². The number of hydrogen-bond acceptors (Lipinski definition) is 3. The molecule has 2 aromatic rings. The standard InChI is InChI=1S/C18H25N3O2/c1-5-21-11(2)14(8-16(19-3)18(22)23)15-6-12-9-20(4)10-13(12)7-17(15)21/h6-7,16,19H,5,8-10H2,1-4H3,(H,22,23). The number of nitrogens with one attached hydrogen (secondary N) is 1. The van der Waals surface area contributed by atoms with Gasteiger partial charge in [-0.1, -0.05) is 0 Å². The third kappa shape index (κ3) is 2.64. The Morgan fingerprint density at radius 3 is 2.57 bits per heavy atom. The summed E-state index contributed by atoms with van der Waals surface area (Å²) in [6.07, 6.45) is 0.510. The van der Waals surface area contributed by atoms with Crippen LogP contribution in [0.1, 0.15) is 29.3 Å². The Morgan fingerprint density at radius 2 is 2.00 bits per heavy atom. The van der Waals surface area contributed by atoms with Crippen molar-refractivity contribution in [3.05, 3.63) is 34.5 Å². The minimum absolute atomic E-state index is 0.510.